The van der Waals surface area contributed by atoms with Crippen LogP contribution < -0.4 is 10.6 Å². The van der Waals surface area contributed by atoms with Gasteiger partial charge in [0.05, 0.1) is 31.6 Å². The van der Waals surface area contributed by atoms with Crippen molar-refractivity contribution < 1.29 is 23.6 Å². The predicted octanol–water partition coefficient (Wildman–Crippen LogP) is 3.16. The Morgan fingerprint density at radius 3 is 2.27 bits per heavy atom. The monoisotopic (exact) mass is 474 g/mol. The second-order valence-electron chi connectivity index (χ2n) is 9.47. The highest BCUT2D eigenvalue weighted by Gasteiger charge is 2.41. The fraction of sp³-hybridized carbons (Fsp3) is 0.522. The lowest BCUT2D eigenvalue weighted by atomic mass is 9.81. The predicted molar refractivity (Wildman–Crippen MR) is 127 cm³/mol. The molecule has 0 radical (unpaired) electrons. The number of carbonyl (C=O) groups is 3. The molecule has 10 heteroatoms. The van der Waals surface area contributed by atoms with Crippen molar-refractivity contribution in [1.29, 1.82) is 0 Å². The lowest BCUT2D eigenvalue weighted by Crippen LogP contribution is -2.60. The van der Waals surface area contributed by atoms with Crippen molar-refractivity contribution >= 4 is 40.6 Å². The number of esters is 1. The van der Waals surface area contributed by atoms with Gasteiger partial charge in [0.1, 0.15) is 4.88 Å². The van der Waals surface area contributed by atoms with Crippen LogP contribution in [0.15, 0.2) is 17.8 Å². The molecular weight excluding hydrogens is 442 g/mol. The van der Waals surface area contributed by atoms with Crippen LogP contribution in [0.1, 0.15) is 47.6 Å². The van der Waals surface area contributed by atoms with Crippen LogP contribution in [-0.4, -0.2) is 65.5 Å². The smallest absolute Gasteiger partial charge is 0.350 e. The molecule has 0 atom stereocenters. The van der Waals surface area contributed by atoms with Crippen LogP contribution in [0.4, 0.5) is 11.5 Å². The molecular formula is C23H32N5O4S+. The number of likely N-dealkylation sites (tertiary alicyclic amines) is 1. The minimum Gasteiger partial charge on any atom is -0.465 e. The molecule has 1 saturated heterocycles. The molecule has 2 aromatic heterocycles. The third-order valence-corrected chi connectivity index (χ3v) is 7.31. The second kappa shape index (κ2) is 9.96. The number of rotatable bonds is 7. The molecule has 1 fully saturated rings. The summed E-state index contributed by atoms with van der Waals surface area (Å²) in [7, 11) is 1.32. The number of quaternary nitrogens is 1. The Labute approximate surface area is 198 Å². The van der Waals surface area contributed by atoms with Crippen LogP contribution in [0.25, 0.3) is 0 Å². The number of ether oxygens (including phenoxy) is 1. The highest BCUT2D eigenvalue weighted by molar-refractivity contribution is 7.12. The van der Waals surface area contributed by atoms with Gasteiger partial charge in [0, 0.05) is 25.2 Å². The molecule has 0 spiro atoms. The Morgan fingerprint density at radius 1 is 1.06 bits per heavy atom. The number of amides is 2. The Bertz CT molecular complexity index is 1040. The van der Waals surface area contributed by atoms with Crippen molar-refractivity contribution in [3.8, 4) is 0 Å². The highest BCUT2D eigenvalue weighted by Crippen LogP contribution is 2.34. The van der Waals surface area contributed by atoms with E-state index in [0.717, 1.165) is 18.4 Å². The molecule has 33 heavy (non-hydrogen) atoms. The average Bonchev–Trinajstić information content (AvgIpc) is 3.11. The van der Waals surface area contributed by atoms with Gasteiger partial charge in [-0.3, -0.25) is 14.6 Å². The summed E-state index contributed by atoms with van der Waals surface area (Å²) < 4.78 is 5.18. The first-order valence-corrected chi connectivity index (χ1v) is 11.8. The van der Waals surface area contributed by atoms with E-state index < -0.39 is 5.97 Å². The number of hydrogen-bond donors (Lipinski definition) is 2. The summed E-state index contributed by atoms with van der Waals surface area (Å²) >= 11 is 1.24. The first kappa shape index (κ1) is 24.8. The molecule has 2 N–H and O–H groups in total. The summed E-state index contributed by atoms with van der Waals surface area (Å²) in [5, 5.41) is 7.55. The zero-order chi connectivity index (χ0) is 24.2. The van der Waals surface area contributed by atoms with Crippen LogP contribution in [-0.2, 0) is 14.3 Å². The zero-order valence-electron chi connectivity index (χ0n) is 19.9. The van der Waals surface area contributed by atoms with Gasteiger partial charge in [0.15, 0.2) is 18.9 Å². The Balaban J connectivity index is 1.76. The summed E-state index contributed by atoms with van der Waals surface area (Å²) in [5.74, 6) is -0.484. The summed E-state index contributed by atoms with van der Waals surface area (Å²) in [6.07, 6.45) is 4.92. The van der Waals surface area contributed by atoms with Crippen molar-refractivity contribution in [3.63, 3.8) is 0 Å². The first-order chi connectivity index (χ1) is 15.5. The van der Waals surface area contributed by atoms with Crippen molar-refractivity contribution in [2.24, 2.45) is 5.41 Å². The number of carbonyl (C=O) groups excluding carboxylic acids is 3. The molecule has 0 aliphatic carbocycles. The van der Waals surface area contributed by atoms with Crippen LogP contribution >= 0.6 is 11.3 Å². The normalized spacial score (nSPS) is 16.6. The van der Waals surface area contributed by atoms with Gasteiger partial charge >= 0.3 is 5.97 Å². The van der Waals surface area contributed by atoms with E-state index in [-0.39, 0.29) is 30.3 Å². The maximum absolute atomic E-state index is 13.1. The highest BCUT2D eigenvalue weighted by atomic mass is 32.1. The molecule has 2 amide bonds. The lowest BCUT2D eigenvalue weighted by Gasteiger charge is -2.45. The molecule has 178 valence electrons. The Kier molecular flexibility index (Phi) is 7.48. The van der Waals surface area contributed by atoms with Crippen LogP contribution in [0.5, 0.6) is 0 Å². The number of aryl methyl sites for hydroxylation is 2. The molecule has 2 aromatic rings. The maximum Gasteiger partial charge on any atom is 0.350 e. The van der Waals surface area contributed by atoms with E-state index in [0.29, 0.717) is 39.6 Å². The maximum atomic E-state index is 13.1. The fourth-order valence-electron chi connectivity index (χ4n) is 4.02. The number of aromatic nitrogens is 2. The molecule has 0 unspecified atom stereocenters. The van der Waals surface area contributed by atoms with E-state index in [9.17, 15) is 14.4 Å². The number of piperidine rings is 1. The molecule has 0 saturated carbocycles. The third kappa shape index (κ3) is 6.14. The van der Waals surface area contributed by atoms with Gasteiger partial charge < -0.3 is 19.9 Å². The number of anilines is 2. The SMILES string of the molecule is COC(=O)c1scc(C)c1NC(=O)C[N+]1(CC(=O)Nc2nccnc2C)CCC(C)(C)CC1. The van der Waals surface area contributed by atoms with Crippen molar-refractivity contribution in [2.45, 2.75) is 40.5 Å². The van der Waals surface area contributed by atoms with Gasteiger partial charge in [-0.2, -0.15) is 0 Å². The number of methoxy groups -OCH3 is 1. The van der Waals surface area contributed by atoms with Crippen molar-refractivity contribution in [1.82, 2.24) is 9.97 Å². The summed E-state index contributed by atoms with van der Waals surface area (Å²) in [4.78, 5) is 46.9. The zero-order valence-corrected chi connectivity index (χ0v) is 20.7. The van der Waals surface area contributed by atoms with E-state index >= 15 is 0 Å². The van der Waals surface area contributed by atoms with Crippen molar-refractivity contribution in [3.05, 3.63) is 33.9 Å². The number of nitrogens with zero attached hydrogens (tertiary/aromatic N) is 3. The van der Waals surface area contributed by atoms with Gasteiger partial charge in [-0.05, 0) is 30.2 Å². The molecule has 1 aliphatic heterocycles. The van der Waals surface area contributed by atoms with E-state index in [4.69, 9.17) is 4.74 Å². The summed E-state index contributed by atoms with van der Waals surface area (Å²) in [6.45, 7) is 9.75. The number of thiophene rings is 1. The Hall–Kier alpha value is -2.85. The minimum absolute atomic E-state index is 0.138. The van der Waals surface area contributed by atoms with E-state index in [1.54, 1.807) is 13.1 Å². The molecule has 3 rings (SSSR count). The standard InChI is InChI=1S/C23H31N5O4S/c1-15-14-33-20(22(31)32-5)19(15)26-17(29)12-28(10-6-23(3,4)7-11-28)13-18(30)27-21-16(2)24-8-9-25-21/h8-9,14H,6-7,10-13H2,1-5H3,(H-,25,26,27,29,30,31)/p+1. The van der Waals surface area contributed by atoms with Gasteiger partial charge in [-0.15, -0.1) is 11.3 Å². The number of hydrogen-bond acceptors (Lipinski definition) is 7. The van der Waals surface area contributed by atoms with Crippen molar-refractivity contribution in [2.75, 3.05) is 43.9 Å². The van der Waals surface area contributed by atoms with Crippen LogP contribution in [0.2, 0.25) is 0 Å². The van der Waals surface area contributed by atoms with E-state index in [1.165, 1.54) is 24.6 Å². The van der Waals surface area contributed by atoms with Gasteiger partial charge in [-0.25, -0.2) is 9.78 Å². The van der Waals surface area contributed by atoms with Gasteiger partial charge in [0.2, 0.25) is 0 Å². The van der Waals surface area contributed by atoms with E-state index in [2.05, 4.69) is 34.4 Å². The first-order valence-electron chi connectivity index (χ1n) is 10.9. The molecule has 0 aromatic carbocycles. The minimum atomic E-state index is -0.481. The summed E-state index contributed by atoms with van der Waals surface area (Å²) in [6, 6.07) is 0. The topological polar surface area (TPSA) is 110 Å². The molecule has 9 nitrogen and oxygen atoms in total. The van der Waals surface area contributed by atoms with Gasteiger partial charge in [0.25, 0.3) is 11.8 Å². The van der Waals surface area contributed by atoms with Crippen LogP contribution in [0.3, 0.4) is 0 Å². The quantitative estimate of drug-likeness (QED) is 0.471. The lowest BCUT2D eigenvalue weighted by molar-refractivity contribution is -0.919. The number of nitrogens with one attached hydrogen (secondary N) is 2. The molecule has 3 heterocycles. The third-order valence-electron chi connectivity index (χ3n) is 6.23. The van der Waals surface area contributed by atoms with E-state index in [1.807, 2.05) is 12.3 Å². The largest absolute Gasteiger partial charge is 0.465 e. The van der Waals surface area contributed by atoms with Gasteiger partial charge in [-0.1, -0.05) is 13.8 Å². The fourth-order valence-corrected chi connectivity index (χ4v) is 4.94. The average molecular weight is 475 g/mol. The second-order valence-corrected chi connectivity index (χ2v) is 10.4. The molecule has 0 bridgehead atoms. The molecule has 1 aliphatic rings. The van der Waals surface area contributed by atoms with Crippen LogP contribution in [0, 0.1) is 19.3 Å². The summed E-state index contributed by atoms with van der Waals surface area (Å²) in [5.41, 5.74) is 2.08. The Morgan fingerprint density at radius 2 is 1.67 bits per heavy atom.